The Kier molecular flexibility index (Phi) is 6.43. The molecule has 4 rings (SSSR count). The van der Waals surface area contributed by atoms with E-state index < -0.39 is 28.5 Å². The number of esters is 1. The molecule has 0 bridgehead atoms. The van der Waals surface area contributed by atoms with E-state index in [1.54, 1.807) is 32.2 Å². The predicted octanol–water partition coefficient (Wildman–Crippen LogP) is 2.32. The van der Waals surface area contributed by atoms with Gasteiger partial charge in [0.25, 0.3) is 5.91 Å². The first-order valence-corrected chi connectivity index (χ1v) is 12.1. The molecule has 1 aromatic carbocycles. The number of fused-ring (bicyclic) bond motifs is 1. The zero-order chi connectivity index (χ0) is 23.6. The number of nitrogens with zero attached hydrogens (tertiary/aromatic N) is 4. The number of rotatable bonds is 6. The SMILES string of the molecule is Cc1ccc(S(=O)(=O)N2CCCCC2)cc1NC(=O)COC(=O)c1c(C)nn2cccnc12. The van der Waals surface area contributed by atoms with E-state index in [1.807, 2.05) is 0 Å². The van der Waals surface area contributed by atoms with Gasteiger partial charge in [-0.3, -0.25) is 4.79 Å². The number of nitrogens with one attached hydrogen (secondary N) is 1. The molecule has 3 heterocycles. The van der Waals surface area contributed by atoms with E-state index in [4.69, 9.17) is 4.74 Å². The third-order valence-corrected chi connectivity index (χ3v) is 7.44. The highest BCUT2D eigenvalue weighted by Crippen LogP contribution is 2.25. The lowest BCUT2D eigenvalue weighted by atomic mass is 10.2. The molecule has 10 nitrogen and oxygen atoms in total. The van der Waals surface area contributed by atoms with Gasteiger partial charge in [0, 0.05) is 31.2 Å². The van der Waals surface area contributed by atoms with Crippen molar-refractivity contribution in [1.29, 1.82) is 0 Å². The molecule has 33 heavy (non-hydrogen) atoms. The highest BCUT2D eigenvalue weighted by Gasteiger charge is 2.27. The summed E-state index contributed by atoms with van der Waals surface area (Å²) in [5.41, 5.74) is 2.00. The Balaban J connectivity index is 1.44. The Morgan fingerprint density at radius 1 is 1.15 bits per heavy atom. The summed E-state index contributed by atoms with van der Waals surface area (Å²) >= 11 is 0. The van der Waals surface area contributed by atoms with Crippen LogP contribution in [0.1, 0.15) is 40.9 Å². The summed E-state index contributed by atoms with van der Waals surface area (Å²) < 4.78 is 34.0. The summed E-state index contributed by atoms with van der Waals surface area (Å²) in [7, 11) is -3.64. The number of carbonyl (C=O) groups excluding carboxylic acids is 2. The van der Waals surface area contributed by atoms with Crippen LogP contribution in [-0.4, -0.2) is 58.9 Å². The van der Waals surface area contributed by atoms with Crippen LogP contribution in [0.2, 0.25) is 0 Å². The van der Waals surface area contributed by atoms with Crippen molar-refractivity contribution in [3.05, 3.63) is 53.5 Å². The number of sulfonamides is 1. The second-order valence-corrected chi connectivity index (χ2v) is 9.85. The van der Waals surface area contributed by atoms with Gasteiger partial charge in [-0.1, -0.05) is 12.5 Å². The smallest absolute Gasteiger partial charge is 0.344 e. The zero-order valence-electron chi connectivity index (χ0n) is 18.4. The van der Waals surface area contributed by atoms with Crippen molar-refractivity contribution in [3.63, 3.8) is 0 Å². The van der Waals surface area contributed by atoms with Gasteiger partial charge < -0.3 is 10.1 Å². The molecule has 0 unspecified atom stereocenters. The summed E-state index contributed by atoms with van der Waals surface area (Å²) in [6, 6.07) is 6.31. The van der Waals surface area contributed by atoms with Crippen molar-refractivity contribution in [2.75, 3.05) is 25.0 Å². The highest BCUT2D eigenvalue weighted by molar-refractivity contribution is 7.89. The third-order valence-electron chi connectivity index (χ3n) is 5.54. The molecule has 1 N–H and O–H groups in total. The van der Waals surface area contributed by atoms with Crippen molar-refractivity contribution in [1.82, 2.24) is 18.9 Å². The van der Waals surface area contributed by atoms with Crippen LogP contribution in [0.15, 0.2) is 41.6 Å². The molecule has 0 saturated carbocycles. The Hall–Kier alpha value is -3.31. The van der Waals surface area contributed by atoms with Gasteiger partial charge >= 0.3 is 5.97 Å². The molecule has 1 aliphatic heterocycles. The van der Waals surface area contributed by atoms with Crippen LogP contribution in [0.3, 0.4) is 0 Å². The lowest BCUT2D eigenvalue weighted by Gasteiger charge is -2.26. The van der Waals surface area contributed by atoms with Crippen LogP contribution < -0.4 is 5.32 Å². The van der Waals surface area contributed by atoms with Crippen LogP contribution in [0.5, 0.6) is 0 Å². The van der Waals surface area contributed by atoms with Gasteiger partial charge in [-0.2, -0.15) is 9.40 Å². The van der Waals surface area contributed by atoms with E-state index in [2.05, 4.69) is 15.4 Å². The van der Waals surface area contributed by atoms with E-state index in [-0.39, 0.29) is 10.5 Å². The zero-order valence-corrected chi connectivity index (χ0v) is 19.3. The van der Waals surface area contributed by atoms with E-state index in [9.17, 15) is 18.0 Å². The molecule has 3 aromatic rings. The minimum absolute atomic E-state index is 0.121. The molecule has 174 valence electrons. The number of aryl methyl sites for hydroxylation is 2. The second kappa shape index (κ2) is 9.28. The number of hydrogen-bond acceptors (Lipinski definition) is 7. The molecule has 0 aliphatic carbocycles. The molecular weight excluding hydrogens is 446 g/mol. The lowest BCUT2D eigenvalue weighted by Crippen LogP contribution is -2.35. The first-order chi connectivity index (χ1) is 15.8. The number of anilines is 1. The Labute approximate surface area is 191 Å². The summed E-state index contributed by atoms with van der Waals surface area (Å²) in [5.74, 6) is -1.30. The number of ether oxygens (including phenoxy) is 1. The van der Waals surface area contributed by atoms with Crippen molar-refractivity contribution < 1.29 is 22.7 Å². The maximum Gasteiger partial charge on any atom is 0.344 e. The molecule has 0 atom stereocenters. The first-order valence-electron chi connectivity index (χ1n) is 10.6. The lowest BCUT2D eigenvalue weighted by molar-refractivity contribution is -0.119. The van der Waals surface area contributed by atoms with E-state index in [0.717, 1.165) is 19.3 Å². The van der Waals surface area contributed by atoms with Gasteiger partial charge in [0.2, 0.25) is 10.0 Å². The van der Waals surface area contributed by atoms with Crippen LogP contribution in [0.4, 0.5) is 5.69 Å². The van der Waals surface area contributed by atoms with Gasteiger partial charge in [-0.15, -0.1) is 0 Å². The van der Waals surface area contributed by atoms with Gasteiger partial charge in [0.05, 0.1) is 10.6 Å². The standard InChI is InChI=1S/C22H25N5O5S/c1-15-7-8-17(33(30,31)26-10-4-3-5-11-26)13-18(15)24-19(28)14-32-22(29)20-16(2)25-27-12-6-9-23-21(20)27/h6-9,12-13H,3-5,10-11,14H2,1-2H3,(H,24,28). The van der Waals surface area contributed by atoms with E-state index in [0.29, 0.717) is 35.7 Å². The van der Waals surface area contributed by atoms with Crippen molar-refractivity contribution in [2.45, 2.75) is 38.0 Å². The summed E-state index contributed by atoms with van der Waals surface area (Å²) in [6.45, 7) is 3.86. The van der Waals surface area contributed by atoms with Gasteiger partial charge in [0.15, 0.2) is 12.3 Å². The quantitative estimate of drug-likeness (QED) is 0.547. The third kappa shape index (κ3) is 4.74. The second-order valence-electron chi connectivity index (χ2n) is 7.91. The maximum absolute atomic E-state index is 13.0. The highest BCUT2D eigenvalue weighted by atomic mass is 32.2. The first kappa shape index (κ1) is 22.9. The molecule has 1 amide bonds. The number of hydrogen-bond donors (Lipinski definition) is 1. The minimum atomic E-state index is -3.64. The van der Waals surface area contributed by atoms with Gasteiger partial charge in [-0.05, 0) is 50.5 Å². The molecular formula is C22H25N5O5S. The number of carbonyl (C=O) groups is 2. The molecule has 1 fully saturated rings. The molecule has 2 aromatic heterocycles. The van der Waals surface area contributed by atoms with E-state index >= 15 is 0 Å². The van der Waals surface area contributed by atoms with Gasteiger partial charge in [0.1, 0.15) is 5.56 Å². The fourth-order valence-corrected chi connectivity index (χ4v) is 5.32. The molecule has 1 aliphatic rings. The van der Waals surface area contributed by atoms with Crippen LogP contribution in [0.25, 0.3) is 5.65 Å². The number of amides is 1. The Bertz CT molecular complexity index is 1310. The number of piperidine rings is 1. The van der Waals surface area contributed by atoms with Crippen molar-refractivity contribution in [3.8, 4) is 0 Å². The Morgan fingerprint density at radius 2 is 1.91 bits per heavy atom. The van der Waals surface area contributed by atoms with Crippen LogP contribution >= 0.6 is 0 Å². The largest absolute Gasteiger partial charge is 0.452 e. The maximum atomic E-state index is 13.0. The summed E-state index contributed by atoms with van der Waals surface area (Å²) in [6.07, 6.45) is 5.88. The van der Waals surface area contributed by atoms with Crippen molar-refractivity contribution in [2.24, 2.45) is 0 Å². The van der Waals surface area contributed by atoms with Crippen molar-refractivity contribution >= 4 is 33.2 Å². The minimum Gasteiger partial charge on any atom is -0.452 e. The summed E-state index contributed by atoms with van der Waals surface area (Å²) in [5, 5.41) is 6.85. The number of benzene rings is 1. The van der Waals surface area contributed by atoms with Gasteiger partial charge in [-0.25, -0.2) is 22.7 Å². The van der Waals surface area contributed by atoms with Crippen LogP contribution in [0, 0.1) is 13.8 Å². The predicted molar refractivity (Wildman–Crippen MR) is 120 cm³/mol. The summed E-state index contributed by atoms with van der Waals surface area (Å²) in [4.78, 5) is 29.3. The normalized spacial score (nSPS) is 14.8. The van der Waals surface area contributed by atoms with Crippen LogP contribution in [-0.2, 0) is 19.6 Å². The molecule has 0 radical (unpaired) electrons. The fraction of sp³-hybridized carbons (Fsp3) is 0.364. The average molecular weight is 472 g/mol. The Morgan fingerprint density at radius 3 is 2.67 bits per heavy atom. The molecule has 1 saturated heterocycles. The fourth-order valence-electron chi connectivity index (χ4n) is 3.78. The monoisotopic (exact) mass is 471 g/mol. The topological polar surface area (TPSA) is 123 Å². The van der Waals surface area contributed by atoms with E-state index in [1.165, 1.54) is 27.2 Å². The average Bonchev–Trinajstić information content (AvgIpc) is 3.15. The molecule has 11 heteroatoms. The number of aromatic nitrogens is 3. The molecule has 0 spiro atoms.